The molecule has 0 aliphatic heterocycles. The van der Waals surface area contributed by atoms with Crippen LogP contribution in [0.2, 0.25) is 0 Å². The molecule has 0 aromatic rings. The molecule has 0 radical (unpaired) electrons. The molecule has 0 amide bonds. The predicted octanol–water partition coefficient (Wildman–Crippen LogP) is 5.03. The van der Waals surface area contributed by atoms with E-state index < -0.39 is 23.5 Å². The normalized spacial score (nSPS) is 43.9. The lowest BCUT2D eigenvalue weighted by Crippen LogP contribution is -2.47. The maximum atomic E-state index is 13.9. The Morgan fingerprint density at radius 1 is 0.786 bits per heavy atom. The van der Waals surface area contributed by atoms with E-state index in [1.54, 1.807) is 0 Å². The van der Waals surface area contributed by atoms with Crippen LogP contribution in [0.4, 0.5) is 4.39 Å². The lowest BCUT2D eigenvalue weighted by Gasteiger charge is -2.31. The number of halogens is 9. The highest BCUT2D eigenvalue weighted by Crippen LogP contribution is 2.70. The van der Waals surface area contributed by atoms with Gasteiger partial charge in [-0.05, 0) is 0 Å². The number of hydrogen-bond donors (Lipinski definition) is 0. The summed E-state index contributed by atoms with van der Waals surface area (Å²) in [5.74, 6) is 0. The molecule has 14 heavy (non-hydrogen) atoms. The lowest BCUT2D eigenvalue weighted by atomic mass is 10.3. The summed E-state index contributed by atoms with van der Waals surface area (Å²) in [6, 6.07) is 0. The van der Waals surface area contributed by atoms with E-state index in [9.17, 15) is 4.39 Å². The van der Waals surface area contributed by atoms with Crippen molar-refractivity contribution < 1.29 is 4.39 Å². The van der Waals surface area contributed by atoms with Gasteiger partial charge in [0.25, 0.3) is 5.13 Å². The molecule has 0 bridgehead atoms. The third-order valence-corrected chi connectivity index (χ3v) is 7.40. The highest BCUT2D eigenvalue weighted by atomic mass is 35.5. The second kappa shape index (κ2) is 3.62. The van der Waals surface area contributed by atoms with Gasteiger partial charge in [0.05, 0.1) is 0 Å². The summed E-state index contributed by atoms with van der Waals surface area (Å²) in [6.45, 7) is 0. The smallest absolute Gasteiger partial charge is 0.219 e. The average molecular weight is 364 g/mol. The van der Waals surface area contributed by atoms with Gasteiger partial charge in [-0.2, -0.15) is 0 Å². The highest BCUT2D eigenvalue weighted by molar-refractivity contribution is 6.72. The Bertz CT molecular complexity index is 232. The van der Waals surface area contributed by atoms with Crippen LogP contribution in [0.3, 0.4) is 0 Å². The van der Waals surface area contributed by atoms with Crippen molar-refractivity contribution in [1.29, 1.82) is 0 Å². The van der Waals surface area contributed by atoms with Crippen LogP contribution in [-0.4, -0.2) is 23.5 Å². The van der Waals surface area contributed by atoms with Gasteiger partial charge in [0.15, 0.2) is 8.67 Å². The van der Waals surface area contributed by atoms with Crippen molar-refractivity contribution in [3.8, 4) is 0 Å². The second-order valence-corrected chi connectivity index (χ2v) is 7.81. The summed E-state index contributed by atoms with van der Waals surface area (Å²) < 4.78 is 7.05. The van der Waals surface area contributed by atoms with Crippen LogP contribution in [0.5, 0.6) is 0 Å². The fraction of sp³-hybridized carbons (Fsp3) is 1.00. The molecule has 2 unspecified atom stereocenters. The van der Waals surface area contributed by atoms with Gasteiger partial charge >= 0.3 is 0 Å². The topological polar surface area (TPSA) is 0 Å². The zero-order valence-corrected chi connectivity index (χ0v) is 12.0. The summed E-state index contributed by atoms with van der Waals surface area (Å²) in [5, 5.41) is -4.44. The standard InChI is InChI=1S/C5HCl8F/c6-1-2(7,8)4(11,12)5(13,14)3(1,9)10/h1H. The van der Waals surface area contributed by atoms with Gasteiger partial charge in [-0.25, -0.2) is 4.39 Å². The predicted molar refractivity (Wildman–Crippen MR) is 62.6 cm³/mol. The van der Waals surface area contributed by atoms with E-state index in [1.165, 1.54) is 0 Å². The van der Waals surface area contributed by atoms with E-state index in [2.05, 4.69) is 0 Å². The first-order valence-electron chi connectivity index (χ1n) is 3.06. The molecule has 1 fully saturated rings. The van der Waals surface area contributed by atoms with Gasteiger partial charge < -0.3 is 0 Å². The fourth-order valence-corrected chi connectivity index (χ4v) is 3.93. The largest absolute Gasteiger partial charge is 0.253 e. The minimum absolute atomic E-state index is 1.47. The van der Waals surface area contributed by atoms with E-state index in [0.29, 0.717) is 0 Å². The van der Waals surface area contributed by atoms with Gasteiger partial charge in [0.1, 0.15) is 5.38 Å². The zero-order valence-electron chi connectivity index (χ0n) is 5.98. The molecule has 1 saturated carbocycles. The third kappa shape index (κ3) is 1.47. The van der Waals surface area contributed by atoms with Crippen LogP contribution in [0, 0.1) is 0 Å². The quantitative estimate of drug-likeness (QED) is 0.529. The Kier molecular flexibility index (Phi) is 3.70. The first kappa shape index (κ1) is 14.3. The molecule has 84 valence electrons. The summed E-state index contributed by atoms with van der Waals surface area (Å²) >= 11 is 44.6. The van der Waals surface area contributed by atoms with Crippen molar-refractivity contribution >= 4 is 92.8 Å². The summed E-state index contributed by atoms with van der Waals surface area (Å²) in [4.78, 5) is 0. The number of hydrogen-bond acceptors (Lipinski definition) is 0. The van der Waals surface area contributed by atoms with Crippen molar-refractivity contribution in [3.05, 3.63) is 0 Å². The van der Waals surface area contributed by atoms with Crippen molar-refractivity contribution in [1.82, 2.24) is 0 Å². The Morgan fingerprint density at radius 3 is 1.21 bits per heavy atom. The van der Waals surface area contributed by atoms with Gasteiger partial charge in [-0.1, -0.05) is 81.2 Å². The number of rotatable bonds is 0. The highest BCUT2D eigenvalue weighted by Gasteiger charge is 2.82. The molecule has 0 aromatic carbocycles. The van der Waals surface area contributed by atoms with E-state index >= 15 is 0 Å². The molecule has 0 spiro atoms. The summed E-state index contributed by atoms with van der Waals surface area (Å²) in [7, 11) is 0. The Hall–Kier alpha value is 2.25. The minimum Gasteiger partial charge on any atom is -0.219 e. The monoisotopic (exact) mass is 360 g/mol. The molecule has 0 aromatic heterocycles. The number of alkyl halides is 9. The molecule has 1 aliphatic carbocycles. The van der Waals surface area contributed by atoms with E-state index in [1.807, 2.05) is 0 Å². The molecule has 0 nitrogen and oxygen atoms in total. The SMILES string of the molecule is FC1(Cl)C(Cl)(Cl)C(Cl)C(Cl)(Cl)C1(Cl)Cl. The maximum absolute atomic E-state index is 13.9. The lowest BCUT2D eigenvalue weighted by molar-refractivity contribution is 0.262. The van der Waals surface area contributed by atoms with Crippen LogP contribution < -0.4 is 0 Å². The van der Waals surface area contributed by atoms with Crippen molar-refractivity contribution in [2.75, 3.05) is 0 Å². The second-order valence-electron chi connectivity index (χ2n) is 2.76. The average Bonchev–Trinajstić information content (AvgIpc) is 2.05. The molecule has 9 heteroatoms. The van der Waals surface area contributed by atoms with Crippen LogP contribution in [0.25, 0.3) is 0 Å². The van der Waals surface area contributed by atoms with Crippen LogP contribution in [0.1, 0.15) is 0 Å². The fourth-order valence-electron chi connectivity index (χ4n) is 0.965. The molecule has 0 N–H and O–H groups in total. The van der Waals surface area contributed by atoms with Gasteiger partial charge in [0.2, 0.25) is 4.33 Å². The molecular formula is C5HCl8F. The van der Waals surface area contributed by atoms with Crippen molar-refractivity contribution in [2.24, 2.45) is 0 Å². The zero-order chi connectivity index (χ0) is 11.6. The molecular weight excluding hydrogens is 363 g/mol. The third-order valence-electron chi connectivity index (χ3n) is 1.87. The van der Waals surface area contributed by atoms with E-state index in [-0.39, 0.29) is 0 Å². The Morgan fingerprint density at radius 2 is 1.14 bits per heavy atom. The Balaban J connectivity index is 3.38. The van der Waals surface area contributed by atoms with Crippen LogP contribution in [0.15, 0.2) is 0 Å². The first-order valence-corrected chi connectivity index (χ1v) is 6.14. The molecule has 0 heterocycles. The van der Waals surface area contributed by atoms with Crippen molar-refractivity contribution in [2.45, 2.75) is 23.5 Å². The van der Waals surface area contributed by atoms with E-state index in [0.717, 1.165) is 0 Å². The van der Waals surface area contributed by atoms with E-state index in [4.69, 9.17) is 92.8 Å². The molecule has 0 saturated heterocycles. The maximum Gasteiger partial charge on any atom is 0.253 e. The molecule has 2 atom stereocenters. The Labute approximate surface area is 120 Å². The molecule has 1 rings (SSSR count). The minimum atomic E-state index is -2.97. The van der Waals surface area contributed by atoms with Gasteiger partial charge in [-0.3, -0.25) is 0 Å². The van der Waals surface area contributed by atoms with Gasteiger partial charge in [-0.15, -0.1) is 11.6 Å². The van der Waals surface area contributed by atoms with Crippen LogP contribution >= 0.6 is 92.8 Å². The summed E-state index contributed by atoms with van der Waals surface area (Å²) in [6.07, 6.45) is 0. The van der Waals surface area contributed by atoms with Crippen LogP contribution in [-0.2, 0) is 0 Å². The van der Waals surface area contributed by atoms with Gasteiger partial charge in [0, 0.05) is 0 Å². The molecule has 1 aliphatic rings. The summed E-state index contributed by atoms with van der Waals surface area (Å²) in [5.41, 5.74) is 0. The van der Waals surface area contributed by atoms with Crippen molar-refractivity contribution in [3.63, 3.8) is 0 Å². The first-order chi connectivity index (χ1) is 5.90.